The van der Waals surface area contributed by atoms with Gasteiger partial charge in [-0.25, -0.2) is 0 Å². The molecule has 1 aliphatic rings. The molecule has 5 heteroatoms. The van der Waals surface area contributed by atoms with Crippen LogP contribution in [0.25, 0.3) is 0 Å². The highest BCUT2D eigenvalue weighted by Crippen LogP contribution is 2.43. The first-order chi connectivity index (χ1) is 10.3. The van der Waals surface area contributed by atoms with Gasteiger partial charge in [0.2, 0.25) is 0 Å². The number of ether oxygens (including phenoxy) is 1. The summed E-state index contributed by atoms with van der Waals surface area (Å²) in [6.07, 6.45) is 2.35. The number of hydrogen-bond donors (Lipinski definition) is 1. The number of ketones is 1. The third-order valence-corrected chi connectivity index (χ3v) is 3.94. The molecule has 0 saturated carbocycles. The van der Waals surface area contributed by atoms with Crippen LogP contribution in [0.1, 0.15) is 53.4 Å². The fourth-order valence-corrected chi connectivity index (χ4v) is 2.87. The van der Waals surface area contributed by atoms with Crippen LogP contribution in [-0.2, 0) is 14.3 Å². The van der Waals surface area contributed by atoms with E-state index in [9.17, 15) is 14.7 Å². The lowest BCUT2D eigenvalue weighted by Gasteiger charge is -2.37. The van der Waals surface area contributed by atoms with Crippen molar-refractivity contribution in [2.75, 3.05) is 13.7 Å². The van der Waals surface area contributed by atoms with Crippen LogP contribution in [-0.4, -0.2) is 36.2 Å². The Morgan fingerprint density at radius 3 is 2.45 bits per heavy atom. The van der Waals surface area contributed by atoms with Gasteiger partial charge in [0.15, 0.2) is 5.78 Å². The maximum atomic E-state index is 12.4. The zero-order valence-electron chi connectivity index (χ0n) is 14.2. The van der Waals surface area contributed by atoms with Gasteiger partial charge in [-0.05, 0) is 24.7 Å². The number of methoxy groups -OCH3 is 1. The third kappa shape index (κ3) is 3.76. The van der Waals surface area contributed by atoms with Crippen molar-refractivity contribution < 1.29 is 19.4 Å². The Bertz CT molecular complexity index is 503. The number of carbonyl (C=O) groups excluding carboxylic acids is 2. The average molecular weight is 309 g/mol. The van der Waals surface area contributed by atoms with Crippen LogP contribution in [0.5, 0.6) is 0 Å². The van der Waals surface area contributed by atoms with E-state index in [0.29, 0.717) is 31.5 Å². The zero-order chi connectivity index (χ0) is 16.9. The zero-order valence-corrected chi connectivity index (χ0v) is 14.2. The fourth-order valence-electron chi connectivity index (χ4n) is 2.87. The van der Waals surface area contributed by atoms with Crippen molar-refractivity contribution >= 4 is 17.5 Å². The molecule has 0 radical (unpaired) electrons. The number of rotatable bonds is 6. The van der Waals surface area contributed by atoms with Crippen LogP contribution in [0.15, 0.2) is 16.3 Å². The predicted molar refractivity (Wildman–Crippen MR) is 86.1 cm³/mol. The summed E-state index contributed by atoms with van der Waals surface area (Å²) in [5.41, 5.74) is 0.299. The molecule has 0 aromatic rings. The monoisotopic (exact) mass is 309 g/mol. The molecule has 0 fully saturated rings. The fraction of sp³-hybridized carbons (Fsp3) is 0.706. The highest BCUT2D eigenvalue weighted by molar-refractivity contribution is 6.24. The van der Waals surface area contributed by atoms with Gasteiger partial charge in [0.05, 0.1) is 12.7 Å². The summed E-state index contributed by atoms with van der Waals surface area (Å²) < 4.78 is 4.82. The van der Waals surface area contributed by atoms with Crippen LogP contribution in [0.3, 0.4) is 0 Å². The Hall–Kier alpha value is -1.65. The molecule has 0 aromatic carbocycles. The number of aliphatic hydroxyl groups is 1. The van der Waals surface area contributed by atoms with Crippen LogP contribution >= 0.6 is 0 Å². The van der Waals surface area contributed by atoms with Crippen molar-refractivity contribution in [1.82, 2.24) is 0 Å². The SMILES string of the molecule is CCCN=C1CC(C)(C)[C@@H](C(=O)OC)C(O)=C1C(=O)CCC. The van der Waals surface area contributed by atoms with Gasteiger partial charge in [-0.3, -0.25) is 14.6 Å². The molecule has 22 heavy (non-hydrogen) atoms. The highest BCUT2D eigenvalue weighted by Gasteiger charge is 2.47. The summed E-state index contributed by atoms with van der Waals surface area (Å²) in [5, 5.41) is 10.6. The molecule has 0 aliphatic heterocycles. The maximum Gasteiger partial charge on any atom is 0.316 e. The molecule has 0 saturated heterocycles. The molecule has 0 bridgehead atoms. The van der Waals surface area contributed by atoms with Crippen molar-refractivity contribution in [2.45, 2.75) is 53.4 Å². The molecule has 124 valence electrons. The van der Waals surface area contributed by atoms with Gasteiger partial charge in [-0.15, -0.1) is 0 Å². The molecular weight excluding hydrogens is 282 g/mol. The molecular formula is C17H27NO4. The van der Waals surface area contributed by atoms with Gasteiger partial charge in [0, 0.05) is 18.7 Å². The number of allylic oxidation sites excluding steroid dienone is 1. The molecule has 5 nitrogen and oxygen atoms in total. The van der Waals surface area contributed by atoms with E-state index in [-0.39, 0.29) is 17.1 Å². The molecule has 1 rings (SSSR count). The molecule has 0 aromatic heterocycles. The predicted octanol–water partition coefficient (Wildman–Crippen LogP) is 3.24. The first kappa shape index (κ1) is 18.4. The van der Waals surface area contributed by atoms with E-state index < -0.39 is 17.3 Å². The minimum absolute atomic E-state index is 0.153. The minimum atomic E-state index is -0.825. The van der Waals surface area contributed by atoms with E-state index in [0.717, 1.165) is 6.42 Å². The first-order valence-corrected chi connectivity index (χ1v) is 7.87. The molecule has 0 heterocycles. The highest BCUT2D eigenvalue weighted by atomic mass is 16.5. The second-order valence-corrected chi connectivity index (χ2v) is 6.38. The number of aliphatic imine (C=N–C) groups is 1. The van der Waals surface area contributed by atoms with Crippen LogP contribution in [0.4, 0.5) is 0 Å². The summed E-state index contributed by atoms with van der Waals surface area (Å²) in [5.74, 6) is -1.68. The van der Waals surface area contributed by atoms with Gasteiger partial charge < -0.3 is 9.84 Å². The normalized spacial score (nSPS) is 22.8. The van der Waals surface area contributed by atoms with Gasteiger partial charge in [-0.1, -0.05) is 27.7 Å². The lowest BCUT2D eigenvalue weighted by Crippen LogP contribution is -2.42. The van der Waals surface area contributed by atoms with Gasteiger partial charge in [0.25, 0.3) is 0 Å². The number of esters is 1. The van der Waals surface area contributed by atoms with E-state index in [1.54, 1.807) is 0 Å². The molecule has 0 unspecified atom stereocenters. The topological polar surface area (TPSA) is 76.0 Å². The molecule has 1 atom stereocenters. The van der Waals surface area contributed by atoms with Gasteiger partial charge >= 0.3 is 5.97 Å². The number of nitrogens with zero attached hydrogens (tertiary/aromatic N) is 1. The number of aliphatic hydroxyl groups excluding tert-OH is 1. The van der Waals surface area contributed by atoms with Crippen LogP contribution < -0.4 is 0 Å². The Labute approximate surface area is 132 Å². The summed E-state index contributed by atoms with van der Waals surface area (Å²) in [4.78, 5) is 28.9. The van der Waals surface area contributed by atoms with Gasteiger partial charge in [-0.2, -0.15) is 0 Å². The summed E-state index contributed by atoms with van der Waals surface area (Å²) in [6, 6.07) is 0. The minimum Gasteiger partial charge on any atom is -0.511 e. The van der Waals surface area contributed by atoms with Crippen LogP contribution in [0.2, 0.25) is 0 Å². The summed E-state index contributed by atoms with van der Waals surface area (Å²) in [6.45, 7) is 8.28. The number of carbonyl (C=O) groups is 2. The van der Waals surface area contributed by atoms with E-state index in [2.05, 4.69) is 4.99 Å². The third-order valence-electron chi connectivity index (χ3n) is 3.94. The Balaban J connectivity index is 3.42. The standard InChI is InChI=1S/C17H27NO4/c1-6-8-12(19)13-11(18-9-7-2)10-17(3,4)14(15(13)20)16(21)22-5/h14,20H,6-10H2,1-5H3/t14-/m1/s1. The maximum absolute atomic E-state index is 12.4. The second-order valence-electron chi connectivity index (χ2n) is 6.38. The Kier molecular flexibility index (Phi) is 6.33. The van der Waals surface area contributed by atoms with Crippen molar-refractivity contribution in [3.8, 4) is 0 Å². The molecule has 1 aliphatic carbocycles. The second kappa shape index (κ2) is 7.56. The van der Waals surface area contributed by atoms with Crippen LogP contribution in [0, 0.1) is 11.3 Å². The Morgan fingerprint density at radius 2 is 1.95 bits per heavy atom. The van der Waals surface area contributed by atoms with Gasteiger partial charge in [0.1, 0.15) is 11.7 Å². The quantitative estimate of drug-likeness (QED) is 0.764. The van der Waals surface area contributed by atoms with E-state index in [1.807, 2.05) is 27.7 Å². The van der Waals surface area contributed by atoms with E-state index in [1.165, 1.54) is 7.11 Å². The van der Waals surface area contributed by atoms with Crippen molar-refractivity contribution in [3.63, 3.8) is 0 Å². The van der Waals surface area contributed by atoms with E-state index in [4.69, 9.17) is 4.74 Å². The smallest absolute Gasteiger partial charge is 0.316 e. The summed E-state index contributed by atoms with van der Waals surface area (Å²) in [7, 11) is 1.29. The van der Waals surface area contributed by atoms with Crippen molar-refractivity contribution in [1.29, 1.82) is 0 Å². The lowest BCUT2D eigenvalue weighted by atomic mass is 9.67. The molecule has 0 spiro atoms. The van der Waals surface area contributed by atoms with Crippen molar-refractivity contribution in [2.24, 2.45) is 16.3 Å². The number of hydrogen-bond acceptors (Lipinski definition) is 5. The number of Topliss-reactive ketones (excluding diaryl/α,β-unsaturated/α-hetero) is 1. The first-order valence-electron chi connectivity index (χ1n) is 7.87. The average Bonchev–Trinajstić information content (AvgIpc) is 2.43. The molecule has 0 amide bonds. The summed E-state index contributed by atoms with van der Waals surface area (Å²) >= 11 is 0. The largest absolute Gasteiger partial charge is 0.511 e. The Morgan fingerprint density at radius 1 is 1.32 bits per heavy atom. The van der Waals surface area contributed by atoms with Crippen molar-refractivity contribution in [3.05, 3.63) is 11.3 Å². The lowest BCUT2D eigenvalue weighted by molar-refractivity contribution is -0.149. The molecule has 1 N–H and O–H groups in total. The van der Waals surface area contributed by atoms with E-state index >= 15 is 0 Å².